The molecule has 0 spiro atoms. The summed E-state index contributed by atoms with van der Waals surface area (Å²) >= 11 is 0. The minimum Gasteiger partial charge on any atom is -0.489 e. The molecule has 1 aromatic carbocycles. The summed E-state index contributed by atoms with van der Waals surface area (Å²) in [5, 5.41) is 0. The fourth-order valence-electron chi connectivity index (χ4n) is 5.48. The molecule has 0 radical (unpaired) electrons. The first kappa shape index (κ1) is 53.9. The van der Waals surface area contributed by atoms with Gasteiger partial charge in [-0.25, -0.2) is 0 Å². The molecule has 2 N–H and O–H groups in total. The molecule has 0 saturated carbocycles. The molecule has 0 aliphatic rings. The SMILES string of the molecule is CCCCCCCCCCCCCCCC(=O)OCCOCCOCCOCCOCCOCCOCCOCCOCCOCCOCCOc1ccccc1N. The Hall–Kier alpha value is -2.11. The third-order valence-electron chi connectivity index (χ3n) is 8.73. The van der Waals surface area contributed by atoms with Gasteiger partial charge in [-0.1, -0.05) is 96.1 Å². The van der Waals surface area contributed by atoms with Crippen LogP contribution in [0.25, 0.3) is 0 Å². The largest absolute Gasteiger partial charge is 0.489 e. The van der Waals surface area contributed by atoms with E-state index in [2.05, 4.69) is 6.92 Å². The number of para-hydroxylation sites is 2. The van der Waals surface area contributed by atoms with Crippen molar-refractivity contribution < 1.29 is 61.6 Å². The summed E-state index contributed by atoms with van der Waals surface area (Å²) < 4.78 is 65.8. The molecule has 0 aromatic heterocycles. The highest BCUT2D eigenvalue weighted by Gasteiger charge is 2.03. The number of hydrogen-bond acceptors (Lipinski definition) is 14. The van der Waals surface area contributed by atoms with Crippen molar-refractivity contribution >= 4 is 11.7 Å². The fourth-order valence-corrected chi connectivity index (χ4v) is 5.48. The highest BCUT2D eigenvalue weighted by molar-refractivity contribution is 5.69. The Balaban J connectivity index is 1.64. The van der Waals surface area contributed by atoms with Gasteiger partial charge in [0.2, 0.25) is 0 Å². The van der Waals surface area contributed by atoms with Gasteiger partial charge in [-0.15, -0.1) is 0 Å². The molecule has 0 heterocycles. The lowest BCUT2D eigenvalue weighted by Gasteiger charge is -2.10. The summed E-state index contributed by atoms with van der Waals surface area (Å²) in [6.45, 7) is 12.7. The molecule has 14 heteroatoms. The maximum Gasteiger partial charge on any atom is 0.305 e. The predicted molar refractivity (Wildman–Crippen MR) is 226 cm³/mol. The number of carbonyl (C=O) groups is 1. The third kappa shape index (κ3) is 40.7. The minimum atomic E-state index is -0.134. The van der Waals surface area contributed by atoms with E-state index in [1.807, 2.05) is 18.2 Å². The summed E-state index contributed by atoms with van der Waals surface area (Å²) in [5.41, 5.74) is 6.45. The van der Waals surface area contributed by atoms with Gasteiger partial charge in [0, 0.05) is 6.42 Å². The highest BCUT2D eigenvalue weighted by Crippen LogP contribution is 2.19. The number of anilines is 1. The van der Waals surface area contributed by atoms with E-state index in [-0.39, 0.29) is 12.6 Å². The summed E-state index contributed by atoms with van der Waals surface area (Å²) in [7, 11) is 0. The van der Waals surface area contributed by atoms with E-state index in [0.29, 0.717) is 157 Å². The number of nitrogens with two attached hydrogens (primary N) is 1. The Morgan fingerprint density at radius 1 is 0.397 bits per heavy atom. The Kier molecular flexibility index (Phi) is 42.7. The molecule has 0 unspecified atom stereocenters. The van der Waals surface area contributed by atoms with Gasteiger partial charge in [0.25, 0.3) is 0 Å². The maximum atomic E-state index is 11.9. The van der Waals surface area contributed by atoms with Crippen molar-refractivity contribution in [2.24, 2.45) is 0 Å². The smallest absolute Gasteiger partial charge is 0.305 e. The molecule has 0 fully saturated rings. The van der Waals surface area contributed by atoms with Crippen molar-refractivity contribution in [3.8, 4) is 5.75 Å². The second kappa shape index (κ2) is 46.0. The molecule has 1 aromatic rings. The number of esters is 1. The van der Waals surface area contributed by atoms with Gasteiger partial charge in [0.15, 0.2) is 0 Å². The molecule has 0 amide bonds. The summed E-state index contributed by atoms with van der Waals surface area (Å²) in [6, 6.07) is 7.38. The molecule has 0 bridgehead atoms. The molecule has 0 saturated heterocycles. The second-order valence-electron chi connectivity index (χ2n) is 13.7. The van der Waals surface area contributed by atoms with Crippen LogP contribution >= 0.6 is 0 Å². The van der Waals surface area contributed by atoms with E-state index in [4.69, 9.17) is 62.6 Å². The Labute approximate surface area is 350 Å². The zero-order chi connectivity index (χ0) is 41.5. The second-order valence-corrected chi connectivity index (χ2v) is 13.7. The number of ether oxygens (including phenoxy) is 12. The molecule has 0 atom stereocenters. The van der Waals surface area contributed by atoms with Gasteiger partial charge in [-0.2, -0.15) is 0 Å². The highest BCUT2D eigenvalue weighted by atomic mass is 16.6. The average molecular weight is 832 g/mol. The number of unbranched alkanes of at least 4 members (excludes halogenated alkanes) is 12. The number of benzene rings is 1. The first-order valence-corrected chi connectivity index (χ1v) is 22.1. The van der Waals surface area contributed by atoms with Gasteiger partial charge < -0.3 is 62.6 Å². The quantitative estimate of drug-likeness (QED) is 0.0414. The standard InChI is InChI=1S/C44H81NO13/c1-2-3-4-5-6-7-8-9-10-11-12-13-14-19-44(46)58-41-39-56-37-35-54-33-31-52-29-27-50-25-23-48-21-20-47-22-24-49-26-28-51-30-32-53-34-36-55-38-40-57-43-18-16-15-17-42(43)45/h15-18H,2-14,19-41,45H2,1H3. The van der Waals surface area contributed by atoms with Crippen LogP contribution in [0.15, 0.2) is 24.3 Å². The van der Waals surface area contributed by atoms with Crippen molar-refractivity contribution in [1.29, 1.82) is 0 Å². The van der Waals surface area contributed by atoms with E-state index in [9.17, 15) is 4.79 Å². The number of nitrogen functional groups attached to an aromatic ring is 1. The van der Waals surface area contributed by atoms with Crippen LogP contribution in [0, 0.1) is 0 Å². The number of rotatable bonds is 48. The number of hydrogen-bond donors (Lipinski definition) is 1. The van der Waals surface area contributed by atoms with Gasteiger partial charge in [0.1, 0.15) is 19.0 Å². The van der Waals surface area contributed by atoms with E-state index in [1.54, 1.807) is 6.07 Å². The van der Waals surface area contributed by atoms with E-state index >= 15 is 0 Å². The van der Waals surface area contributed by atoms with Crippen LogP contribution in [0.1, 0.15) is 96.8 Å². The topological polar surface area (TPSA) is 154 Å². The molecule has 14 nitrogen and oxygen atoms in total. The zero-order valence-corrected chi connectivity index (χ0v) is 36.1. The van der Waals surface area contributed by atoms with Crippen LogP contribution in [-0.4, -0.2) is 151 Å². The molecule has 340 valence electrons. The van der Waals surface area contributed by atoms with Gasteiger partial charge in [0.05, 0.1) is 138 Å². The van der Waals surface area contributed by atoms with Crippen molar-refractivity contribution in [2.45, 2.75) is 96.8 Å². The predicted octanol–water partition coefficient (Wildman–Crippen LogP) is 6.84. The van der Waals surface area contributed by atoms with Crippen molar-refractivity contribution in [3.05, 3.63) is 24.3 Å². The van der Waals surface area contributed by atoms with Gasteiger partial charge in [-0.05, 0) is 18.6 Å². The lowest BCUT2D eigenvalue weighted by molar-refractivity contribution is -0.145. The van der Waals surface area contributed by atoms with Crippen LogP contribution in [0.4, 0.5) is 5.69 Å². The van der Waals surface area contributed by atoms with Crippen LogP contribution in [0.3, 0.4) is 0 Å². The van der Waals surface area contributed by atoms with Gasteiger partial charge in [-0.3, -0.25) is 4.79 Å². The van der Waals surface area contributed by atoms with E-state index in [1.165, 1.54) is 70.6 Å². The Morgan fingerprint density at radius 2 is 0.690 bits per heavy atom. The normalized spacial score (nSPS) is 11.4. The third-order valence-corrected chi connectivity index (χ3v) is 8.73. The molecule has 0 aliphatic carbocycles. The van der Waals surface area contributed by atoms with Crippen molar-refractivity contribution in [2.75, 3.05) is 151 Å². The molecule has 0 aliphatic heterocycles. The maximum absolute atomic E-state index is 11.9. The average Bonchev–Trinajstić information content (AvgIpc) is 3.23. The summed E-state index contributed by atoms with van der Waals surface area (Å²) in [5.74, 6) is 0.533. The summed E-state index contributed by atoms with van der Waals surface area (Å²) in [6.07, 6.45) is 17.3. The molecular weight excluding hydrogens is 750 g/mol. The van der Waals surface area contributed by atoms with Crippen molar-refractivity contribution in [1.82, 2.24) is 0 Å². The van der Waals surface area contributed by atoms with Crippen LogP contribution in [-0.2, 0) is 56.9 Å². The van der Waals surface area contributed by atoms with Crippen LogP contribution in [0.2, 0.25) is 0 Å². The Morgan fingerprint density at radius 3 is 1.03 bits per heavy atom. The zero-order valence-electron chi connectivity index (χ0n) is 36.1. The van der Waals surface area contributed by atoms with E-state index < -0.39 is 0 Å². The van der Waals surface area contributed by atoms with Gasteiger partial charge >= 0.3 is 5.97 Å². The minimum absolute atomic E-state index is 0.134. The molecular formula is C44H81NO13. The fraction of sp³-hybridized carbons (Fsp3) is 0.841. The van der Waals surface area contributed by atoms with Crippen LogP contribution < -0.4 is 10.5 Å². The van der Waals surface area contributed by atoms with Crippen LogP contribution in [0.5, 0.6) is 5.75 Å². The molecule has 1 rings (SSSR count). The monoisotopic (exact) mass is 832 g/mol. The first-order valence-electron chi connectivity index (χ1n) is 22.1. The molecule has 58 heavy (non-hydrogen) atoms. The lowest BCUT2D eigenvalue weighted by Crippen LogP contribution is -2.15. The lowest BCUT2D eigenvalue weighted by atomic mass is 10.0. The van der Waals surface area contributed by atoms with E-state index in [0.717, 1.165) is 12.8 Å². The summed E-state index contributed by atoms with van der Waals surface area (Å²) in [4.78, 5) is 11.9. The first-order chi connectivity index (χ1) is 28.7. The Bertz CT molecular complexity index is 977. The number of carbonyl (C=O) groups excluding carboxylic acids is 1. The van der Waals surface area contributed by atoms with Crippen molar-refractivity contribution in [3.63, 3.8) is 0 Å².